The van der Waals surface area contributed by atoms with E-state index in [1.165, 1.54) is 13.2 Å². The van der Waals surface area contributed by atoms with E-state index < -0.39 is 23.3 Å². The molecule has 0 saturated heterocycles. The van der Waals surface area contributed by atoms with Gasteiger partial charge in [0.05, 0.1) is 18.2 Å². The van der Waals surface area contributed by atoms with Crippen molar-refractivity contribution in [1.29, 1.82) is 0 Å². The van der Waals surface area contributed by atoms with E-state index in [-0.39, 0.29) is 35.3 Å². The number of methoxy groups -OCH3 is 1. The first-order chi connectivity index (χ1) is 14.3. The molecule has 31 heavy (non-hydrogen) atoms. The minimum Gasteiger partial charge on any atom is -0.465 e. The third-order valence-corrected chi connectivity index (χ3v) is 5.40. The molecule has 0 bridgehead atoms. The lowest BCUT2D eigenvalue weighted by Crippen LogP contribution is -2.52. The molecule has 1 N–H and O–H groups in total. The van der Waals surface area contributed by atoms with Crippen LogP contribution in [-0.2, 0) is 15.7 Å². The number of halogens is 3. The van der Waals surface area contributed by atoms with Gasteiger partial charge in [0.15, 0.2) is 0 Å². The Labute approximate surface area is 181 Å². The fourth-order valence-electron chi connectivity index (χ4n) is 3.67. The Hall–Kier alpha value is -2.45. The fraction of sp³-hybridized carbons (Fsp3) is 0.636. The third kappa shape index (κ3) is 6.27. The molecule has 1 amide bonds. The number of carbonyl (C=O) groups is 2. The number of hydrogen-bond donors (Lipinski definition) is 1. The lowest BCUT2D eigenvalue weighted by Gasteiger charge is -2.45. The van der Waals surface area contributed by atoms with E-state index in [0.29, 0.717) is 19.4 Å². The largest absolute Gasteiger partial charge is 0.465 e. The van der Waals surface area contributed by atoms with E-state index in [9.17, 15) is 22.8 Å². The number of anilines is 1. The SMILES string of the molecule is CCN(C(=O)OC(C)(C)C)C1CC([C@H](C)Nc2cc(C(=O)OC)ccc2C(F)(F)F)C1. The number of rotatable bonds is 6. The highest BCUT2D eigenvalue weighted by molar-refractivity contribution is 5.90. The zero-order valence-corrected chi connectivity index (χ0v) is 18.8. The molecule has 174 valence electrons. The molecular formula is C22H31F3N2O4. The van der Waals surface area contributed by atoms with Crippen molar-refractivity contribution in [3.05, 3.63) is 29.3 Å². The molecule has 1 saturated carbocycles. The summed E-state index contributed by atoms with van der Waals surface area (Å²) in [5.74, 6) is -0.631. The van der Waals surface area contributed by atoms with Crippen LogP contribution in [0.25, 0.3) is 0 Å². The van der Waals surface area contributed by atoms with Gasteiger partial charge >= 0.3 is 18.2 Å². The van der Waals surface area contributed by atoms with Crippen molar-refractivity contribution in [1.82, 2.24) is 4.90 Å². The second kappa shape index (κ2) is 9.36. The van der Waals surface area contributed by atoms with Crippen molar-refractivity contribution in [2.75, 3.05) is 19.0 Å². The first-order valence-electron chi connectivity index (χ1n) is 10.3. The minimum atomic E-state index is -4.56. The molecule has 1 aromatic rings. The topological polar surface area (TPSA) is 67.9 Å². The number of alkyl halides is 3. The molecule has 0 aliphatic heterocycles. The Morgan fingerprint density at radius 1 is 1.23 bits per heavy atom. The van der Waals surface area contributed by atoms with Gasteiger partial charge in [-0.05, 0) is 71.6 Å². The summed E-state index contributed by atoms with van der Waals surface area (Å²) in [6, 6.07) is 2.84. The number of ether oxygens (including phenoxy) is 2. The summed E-state index contributed by atoms with van der Waals surface area (Å²) in [6.07, 6.45) is -3.64. The summed E-state index contributed by atoms with van der Waals surface area (Å²) in [7, 11) is 1.17. The molecule has 6 nitrogen and oxygen atoms in total. The maximum Gasteiger partial charge on any atom is 0.418 e. The van der Waals surface area contributed by atoms with Crippen molar-refractivity contribution in [3.8, 4) is 0 Å². The van der Waals surface area contributed by atoms with Gasteiger partial charge in [-0.15, -0.1) is 0 Å². The summed E-state index contributed by atoms with van der Waals surface area (Å²) in [6.45, 7) is 9.56. The summed E-state index contributed by atoms with van der Waals surface area (Å²) < 4.78 is 50.4. The lowest BCUT2D eigenvalue weighted by atomic mass is 9.75. The maximum absolute atomic E-state index is 13.4. The van der Waals surface area contributed by atoms with Crippen LogP contribution in [0.15, 0.2) is 18.2 Å². The molecule has 0 radical (unpaired) electrons. The van der Waals surface area contributed by atoms with Gasteiger partial charge in [0, 0.05) is 24.3 Å². The van der Waals surface area contributed by atoms with Gasteiger partial charge in [-0.3, -0.25) is 0 Å². The molecule has 1 atom stereocenters. The highest BCUT2D eigenvalue weighted by atomic mass is 19.4. The van der Waals surface area contributed by atoms with Crippen molar-refractivity contribution < 1.29 is 32.2 Å². The Morgan fingerprint density at radius 3 is 2.32 bits per heavy atom. The van der Waals surface area contributed by atoms with Crippen LogP contribution in [0, 0.1) is 5.92 Å². The van der Waals surface area contributed by atoms with Gasteiger partial charge in [0.2, 0.25) is 0 Å². The number of nitrogens with one attached hydrogen (secondary N) is 1. The summed E-state index contributed by atoms with van der Waals surface area (Å²) in [4.78, 5) is 25.8. The molecular weight excluding hydrogens is 413 g/mol. The fourth-order valence-corrected chi connectivity index (χ4v) is 3.67. The van der Waals surface area contributed by atoms with Crippen LogP contribution in [0.4, 0.5) is 23.7 Å². The maximum atomic E-state index is 13.4. The van der Waals surface area contributed by atoms with E-state index in [2.05, 4.69) is 10.1 Å². The minimum absolute atomic E-state index is 0.0161. The molecule has 2 rings (SSSR count). The first-order valence-corrected chi connectivity index (χ1v) is 10.3. The molecule has 0 unspecified atom stereocenters. The highest BCUT2D eigenvalue weighted by Crippen LogP contribution is 2.39. The van der Waals surface area contributed by atoms with Crippen LogP contribution in [0.5, 0.6) is 0 Å². The molecule has 1 aliphatic carbocycles. The van der Waals surface area contributed by atoms with Gasteiger partial charge in [-0.1, -0.05) is 0 Å². The lowest BCUT2D eigenvalue weighted by molar-refractivity contribution is -0.137. The van der Waals surface area contributed by atoms with Gasteiger partial charge in [-0.25, -0.2) is 9.59 Å². The van der Waals surface area contributed by atoms with E-state index in [1.54, 1.807) is 32.6 Å². The van der Waals surface area contributed by atoms with Crippen LogP contribution < -0.4 is 5.32 Å². The standard InChI is InChI=1S/C22H31F3N2O4/c1-7-27(20(29)31-21(3,4)5)16-10-15(11-16)13(2)26-18-12-14(19(28)30-6)8-9-17(18)22(23,24)25/h8-9,12-13,15-16,26H,7,10-11H2,1-6H3/t13-,15?,16?/m0/s1. The average molecular weight is 444 g/mol. The first kappa shape index (κ1) is 24.8. The van der Waals surface area contributed by atoms with Gasteiger partial charge in [0.1, 0.15) is 5.60 Å². The Morgan fingerprint density at radius 2 is 1.84 bits per heavy atom. The van der Waals surface area contributed by atoms with Crippen molar-refractivity contribution >= 4 is 17.7 Å². The monoisotopic (exact) mass is 444 g/mol. The van der Waals surface area contributed by atoms with Crippen LogP contribution >= 0.6 is 0 Å². The zero-order valence-electron chi connectivity index (χ0n) is 18.8. The Bertz CT molecular complexity index is 799. The number of amides is 1. The quantitative estimate of drug-likeness (QED) is 0.601. The van der Waals surface area contributed by atoms with Gasteiger partial charge < -0.3 is 19.7 Å². The molecule has 1 aromatic carbocycles. The third-order valence-electron chi connectivity index (χ3n) is 5.40. The number of carbonyl (C=O) groups excluding carboxylic acids is 2. The Balaban J connectivity index is 2.08. The summed E-state index contributed by atoms with van der Waals surface area (Å²) in [5.41, 5.74) is -1.56. The van der Waals surface area contributed by atoms with Gasteiger partial charge in [-0.2, -0.15) is 13.2 Å². The second-order valence-corrected chi connectivity index (χ2v) is 8.83. The van der Waals surface area contributed by atoms with Crippen molar-refractivity contribution in [2.45, 2.75) is 71.3 Å². The highest BCUT2D eigenvalue weighted by Gasteiger charge is 2.40. The van der Waals surface area contributed by atoms with E-state index in [4.69, 9.17) is 4.74 Å². The molecule has 9 heteroatoms. The average Bonchev–Trinajstić information content (AvgIpc) is 2.60. The normalized spacial score (nSPS) is 19.8. The van der Waals surface area contributed by atoms with Crippen LogP contribution in [0.3, 0.4) is 0 Å². The van der Waals surface area contributed by atoms with E-state index >= 15 is 0 Å². The van der Waals surface area contributed by atoms with E-state index in [1.807, 2.05) is 6.92 Å². The second-order valence-electron chi connectivity index (χ2n) is 8.83. The smallest absolute Gasteiger partial charge is 0.418 e. The summed E-state index contributed by atoms with van der Waals surface area (Å²) >= 11 is 0. The predicted molar refractivity (Wildman–Crippen MR) is 111 cm³/mol. The molecule has 0 aromatic heterocycles. The van der Waals surface area contributed by atoms with Crippen molar-refractivity contribution in [2.24, 2.45) is 5.92 Å². The van der Waals surface area contributed by atoms with E-state index in [0.717, 1.165) is 12.1 Å². The molecule has 0 spiro atoms. The molecule has 1 fully saturated rings. The van der Waals surface area contributed by atoms with Crippen LogP contribution in [-0.4, -0.2) is 48.3 Å². The Kier molecular flexibility index (Phi) is 7.49. The van der Waals surface area contributed by atoms with Crippen LogP contribution in [0.1, 0.15) is 63.4 Å². The molecule has 0 heterocycles. The summed E-state index contributed by atoms with van der Waals surface area (Å²) in [5, 5.41) is 2.92. The van der Waals surface area contributed by atoms with Crippen molar-refractivity contribution in [3.63, 3.8) is 0 Å². The number of nitrogens with zero attached hydrogens (tertiary/aromatic N) is 1. The predicted octanol–water partition coefficient (Wildman–Crippen LogP) is 5.33. The number of benzene rings is 1. The number of hydrogen-bond acceptors (Lipinski definition) is 5. The zero-order chi connectivity index (χ0) is 23.6. The van der Waals surface area contributed by atoms with Crippen LogP contribution in [0.2, 0.25) is 0 Å². The molecule has 1 aliphatic rings. The number of esters is 1. The van der Waals surface area contributed by atoms with Gasteiger partial charge in [0.25, 0.3) is 0 Å².